The summed E-state index contributed by atoms with van der Waals surface area (Å²) in [7, 11) is 1.73. The molecule has 2 fully saturated rings. The topological polar surface area (TPSA) is 84.5 Å². The number of hydrogen-bond donors (Lipinski definition) is 0. The molecule has 9 heteroatoms. The summed E-state index contributed by atoms with van der Waals surface area (Å²) in [5, 5.41) is 8.37. The number of hydrogen-bond acceptors (Lipinski definition) is 7. The van der Waals surface area contributed by atoms with E-state index in [0.717, 1.165) is 43.3 Å². The first-order valence-electron chi connectivity index (χ1n) is 10.3. The van der Waals surface area contributed by atoms with E-state index in [1.54, 1.807) is 19.6 Å². The van der Waals surface area contributed by atoms with Crippen LogP contribution in [0.1, 0.15) is 37.2 Å². The molecule has 29 heavy (non-hydrogen) atoms. The minimum atomic E-state index is -0.120. The molecule has 1 aliphatic heterocycles. The first-order chi connectivity index (χ1) is 14.1. The van der Waals surface area contributed by atoms with Crippen LogP contribution in [0.3, 0.4) is 0 Å². The van der Waals surface area contributed by atoms with E-state index < -0.39 is 0 Å². The Hall–Kier alpha value is -2.81. The third kappa shape index (κ3) is 3.50. The van der Waals surface area contributed by atoms with Gasteiger partial charge in [0.25, 0.3) is 5.56 Å². The van der Waals surface area contributed by atoms with Crippen LogP contribution in [0.4, 0.5) is 5.82 Å². The fraction of sp³-hybridized carbons (Fsp3) is 0.550. The molecule has 0 atom stereocenters. The normalized spacial score (nSPS) is 18.4. The summed E-state index contributed by atoms with van der Waals surface area (Å²) in [4.78, 5) is 25.9. The number of fused-ring (bicyclic) bond motifs is 1. The van der Waals surface area contributed by atoms with Crippen molar-refractivity contribution in [2.75, 3.05) is 18.0 Å². The van der Waals surface area contributed by atoms with Crippen molar-refractivity contribution in [2.45, 2.75) is 51.2 Å². The minimum absolute atomic E-state index is 0.120. The maximum absolute atomic E-state index is 12.2. The minimum Gasteiger partial charge on any atom is -0.350 e. The van der Waals surface area contributed by atoms with Crippen LogP contribution >= 0.6 is 0 Å². The summed E-state index contributed by atoms with van der Waals surface area (Å²) in [6, 6.07) is 3.24. The molecule has 5 rings (SSSR count). The van der Waals surface area contributed by atoms with Gasteiger partial charge in [0.2, 0.25) is 5.65 Å². The summed E-state index contributed by atoms with van der Waals surface area (Å²) in [5.74, 6) is 1.89. The monoisotopic (exact) mass is 394 g/mol. The van der Waals surface area contributed by atoms with Gasteiger partial charge < -0.3 is 9.47 Å². The van der Waals surface area contributed by atoms with Gasteiger partial charge in [-0.25, -0.2) is 9.97 Å². The standard InChI is InChI=1S/C20H26N8O/c1-14-11-17(22-13-21-14)28(15-3-4-15)16-5-7-26(8-6-16)12-18-23-24-19-20(29)25(2)9-10-27(18)19/h9-11,13,15-16H,3-8,12H2,1-2H3. The number of aryl methyl sites for hydroxylation is 2. The van der Waals surface area contributed by atoms with Gasteiger partial charge in [0.05, 0.1) is 6.54 Å². The zero-order valence-electron chi connectivity index (χ0n) is 16.9. The molecule has 0 bridgehead atoms. The van der Waals surface area contributed by atoms with Crippen molar-refractivity contribution in [3.63, 3.8) is 0 Å². The lowest BCUT2D eigenvalue weighted by Gasteiger charge is -2.39. The largest absolute Gasteiger partial charge is 0.350 e. The smallest absolute Gasteiger partial charge is 0.295 e. The molecule has 0 radical (unpaired) electrons. The van der Waals surface area contributed by atoms with E-state index in [2.05, 4.69) is 36.0 Å². The van der Waals surface area contributed by atoms with Crippen LogP contribution < -0.4 is 10.5 Å². The Morgan fingerprint density at radius 3 is 2.55 bits per heavy atom. The van der Waals surface area contributed by atoms with Gasteiger partial charge in [-0.2, -0.15) is 0 Å². The molecule has 0 amide bonds. The molecule has 2 aliphatic rings. The van der Waals surface area contributed by atoms with Gasteiger partial charge in [-0.1, -0.05) is 0 Å². The van der Waals surface area contributed by atoms with Crippen LogP contribution in [0.5, 0.6) is 0 Å². The zero-order chi connectivity index (χ0) is 20.0. The SMILES string of the molecule is Cc1cc(N(C2CC2)C2CCN(Cc3nnc4c(=O)n(C)ccn34)CC2)ncn1. The highest BCUT2D eigenvalue weighted by molar-refractivity contribution is 5.43. The van der Waals surface area contributed by atoms with Crippen LogP contribution in [0, 0.1) is 6.92 Å². The molecule has 0 unspecified atom stereocenters. The Morgan fingerprint density at radius 2 is 1.83 bits per heavy atom. The molecule has 152 valence electrons. The second-order valence-corrected chi connectivity index (χ2v) is 8.19. The Balaban J connectivity index is 1.28. The van der Waals surface area contributed by atoms with Crippen molar-refractivity contribution < 1.29 is 0 Å². The highest BCUT2D eigenvalue weighted by Gasteiger charge is 2.36. The molecule has 4 heterocycles. The first-order valence-corrected chi connectivity index (χ1v) is 10.3. The third-order valence-corrected chi connectivity index (χ3v) is 6.03. The van der Waals surface area contributed by atoms with Crippen LogP contribution in [0.2, 0.25) is 0 Å². The average molecular weight is 394 g/mol. The predicted octanol–water partition coefficient (Wildman–Crippen LogP) is 1.16. The lowest BCUT2D eigenvalue weighted by atomic mass is 10.0. The second kappa shape index (κ2) is 7.22. The predicted molar refractivity (Wildman–Crippen MR) is 109 cm³/mol. The molecule has 0 spiro atoms. The van der Waals surface area contributed by atoms with Crippen LogP contribution in [-0.2, 0) is 13.6 Å². The lowest BCUT2D eigenvalue weighted by Crippen LogP contribution is -2.46. The van der Waals surface area contributed by atoms with Crippen LogP contribution in [0.25, 0.3) is 5.65 Å². The number of aromatic nitrogens is 6. The van der Waals surface area contributed by atoms with E-state index in [0.29, 0.717) is 24.3 Å². The van der Waals surface area contributed by atoms with Gasteiger partial charge in [0.15, 0.2) is 5.82 Å². The van der Waals surface area contributed by atoms with Gasteiger partial charge in [-0.15, -0.1) is 10.2 Å². The van der Waals surface area contributed by atoms with E-state index in [1.807, 2.05) is 17.5 Å². The average Bonchev–Trinajstić information content (AvgIpc) is 3.47. The summed E-state index contributed by atoms with van der Waals surface area (Å²) in [5.41, 5.74) is 1.28. The van der Waals surface area contributed by atoms with Crippen molar-refractivity contribution in [2.24, 2.45) is 7.05 Å². The Morgan fingerprint density at radius 1 is 1.07 bits per heavy atom. The summed E-state index contributed by atoms with van der Waals surface area (Å²) in [6.45, 7) is 4.72. The summed E-state index contributed by atoms with van der Waals surface area (Å²) in [6.07, 6.45) is 10.00. The molecule has 0 N–H and O–H groups in total. The van der Waals surface area contributed by atoms with Gasteiger partial charge in [0, 0.05) is 56.4 Å². The van der Waals surface area contributed by atoms with Gasteiger partial charge in [0.1, 0.15) is 12.1 Å². The summed E-state index contributed by atoms with van der Waals surface area (Å²) >= 11 is 0. The van der Waals surface area contributed by atoms with Crippen molar-refractivity contribution in [3.05, 3.63) is 46.7 Å². The van der Waals surface area contributed by atoms with Crippen molar-refractivity contribution in [1.82, 2.24) is 34.0 Å². The first kappa shape index (κ1) is 18.2. The number of nitrogens with zero attached hydrogens (tertiary/aromatic N) is 8. The van der Waals surface area contributed by atoms with E-state index >= 15 is 0 Å². The molecule has 1 saturated heterocycles. The Labute approximate surface area is 169 Å². The van der Waals surface area contributed by atoms with Gasteiger partial charge in [-0.05, 0) is 32.6 Å². The summed E-state index contributed by atoms with van der Waals surface area (Å²) < 4.78 is 3.34. The third-order valence-electron chi connectivity index (χ3n) is 6.03. The highest BCUT2D eigenvalue weighted by atomic mass is 16.1. The van der Waals surface area contributed by atoms with Crippen molar-refractivity contribution in [3.8, 4) is 0 Å². The number of likely N-dealkylation sites (tertiary alicyclic amines) is 1. The van der Waals surface area contributed by atoms with E-state index in [1.165, 1.54) is 17.4 Å². The number of rotatable bonds is 5. The van der Waals surface area contributed by atoms with Gasteiger partial charge in [-0.3, -0.25) is 14.1 Å². The molecule has 1 saturated carbocycles. The fourth-order valence-corrected chi connectivity index (χ4v) is 4.29. The van der Waals surface area contributed by atoms with Crippen LogP contribution in [-0.4, -0.2) is 59.2 Å². The van der Waals surface area contributed by atoms with E-state index in [9.17, 15) is 4.79 Å². The lowest BCUT2D eigenvalue weighted by molar-refractivity contribution is 0.195. The van der Waals surface area contributed by atoms with Crippen molar-refractivity contribution in [1.29, 1.82) is 0 Å². The Bertz CT molecular complexity index is 1080. The van der Waals surface area contributed by atoms with Gasteiger partial charge >= 0.3 is 0 Å². The highest BCUT2D eigenvalue weighted by Crippen LogP contribution is 2.35. The van der Waals surface area contributed by atoms with E-state index in [4.69, 9.17) is 0 Å². The Kier molecular flexibility index (Phi) is 4.54. The van der Waals surface area contributed by atoms with Crippen LogP contribution in [0.15, 0.2) is 29.6 Å². The number of piperidine rings is 1. The maximum Gasteiger partial charge on any atom is 0.295 e. The van der Waals surface area contributed by atoms with E-state index in [-0.39, 0.29) is 5.56 Å². The molecule has 3 aromatic rings. The number of anilines is 1. The quantitative estimate of drug-likeness (QED) is 0.642. The molecular weight excluding hydrogens is 368 g/mol. The molecule has 9 nitrogen and oxygen atoms in total. The molecule has 1 aliphatic carbocycles. The molecule has 3 aromatic heterocycles. The second-order valence-electron chi connectivity index (χ2n) is 8.19. The van der Waals surface area contributed by atoms with Crippen molar-refractivity contribution >= 4 is 11.5 Å². The fourth-order valence-electron chi connectivity index (χ4n) is 4.29. The molecule has 0 aromatic carbocycles. The maximum atomic E-state index is 12.2. The molecular formula is C20H26N8O. The zero-order valence-corrected chi connectivity index (χ0v) is 16.9.